The molecule has 0 aliphatic carbocycles. The van der Waals surface area contributed by atoms with E-state index in [9.17, 15) is 0 Å². The molecule has 75 heavy (non-hydrogen) atoms. The number of hydrogen-bond acceptors (Lipinski definition) is 11. The summed E-state index contributed by atoms with van der Waals surface area (Å²) in [5.41, 5.74) is 7.80. The Hall–Kier alpha value is -9.23. The molecule has 1 fully saturated rings. The summed E-state index contributed by atoms with van der Waals surface area (Å²) in [4.78, 5) is 42.5. The predicted molar refractivity (Wildman–Crippen MR) is 301 cm³/mol. The molecule has 0 N–H and O–H groups in total. The van der Waals surface area contributed by atoms with E-state index in [1.54, 1.807) is 31.0 Å². The van der Waals surface area contributed by atoms with Gasteiger partial charge in [0.15, 0.2) is 17.5 Å². The molecule has 12 heteroatoms. The molecular weight excluding hydrogens is 926 g/mol. The second kappa shape index (κ2) is 18.4. The van der Waals surface area contributed by atoms with Crippen LogP contribution in [-0.2, 0) is 9.31 Å². The molecule has 14 rings (SSSR count). The third-order valence-corrected chi connectivity index (χ3v) is 14.5. The summed E-state index contributed by atoms with van der Waals surface area (Å²) < 4.78 is 12.6. The van der Waals surface area contributed by atoms with E-state index in [1.165, 1.54) is 32.3 Å². The number of hydrogen-bond donors (Lipinski definition) is 0. The molecule has 0 saturated carbocycles. The predicted octanol–water partition coefficient (Wildman–Crippen LogP) is 13.5. The van der Waals surface area contributed by atoms with Crippen LogP contribution >= 0.6 is 0 Å². The summed E-state index contributed by atoms with van der Waals surface area (Å²) in [5.74, 6) is 1.67. The van der Waals surface area contributed by atoms with Crippen molar-refractivity contribution < 1.29 is 9.31 Å². The van der Waals surface area contributed by atoms with E-state index < -0.39 is 18.3 Å². The van der Waals surface area contributed by atoms with Gasteiger partial charge in [-0.05, 0) is 115 Å². The number of fused-ring (bicyclic) bond motifs is 10. The molecule has 0 spiro atoms. The van der Waals surface area contributed by atoms with Crippen molar-refractivity contribution >= 4 is 77.5 Å². The van der Waals surface area contributed by atoms with Crippen LogP contribution in [0.5, 0.6) is 0 Å². The molecule has 0 unspecified atom stereocenters. The molecule has 1 aliphatic rings. The van der Waals surface area contributed by atoms with Gasteiger partial charge in [-0.15, -0.1) is 0 Å². The first kappa shape index (κ1) is 45.6. The van der Waals surface area contributed by atoms with Crippen LogP contribution in [-0.4, -0.2) is 63.2 Å². The van der Waals surface area contributed by atoms with E-state index in [4.69, 9.17) is 44.2 Å². The standard InChI is InChI=1S/C35H21N7.C28H25BN2O2/c1-2-6-26-22(5-1)9-10-28-31(26)27-7-3-4-8-29(27)39-32(28)30-21-25(15-20-38-30)35-41-33(23-11-16-36-17-12-23)40-34(42-35)24-13-18-37-19-14-24;1-27(2)28(3,4)33-29(32-27)19-15-16-30-24(17-19)26-22-14-13-18-9-5-6-10-20(18)25(22)21-11-7-8-12-23(21)31-26/h1-21H;5-17H,1-4H3. The lowest BCUT2D eigenvalue weighted by molar-refractivity contribution is 0.00578. The first-order valence-corrected chi connectivity index (χ1v) is 24.9. The third-order valence-electron chi connectivity index (χ3n) is 14.5. The summed E-state index contributed by atoms with van der Waals surface area (Å²) in [6.07, 6.45) is 10.5. The highest BCUT2D eigenvalue weighted by Gasteiger charge is 2.51. The van der Waals surface area contributed by atoms with E-state index in [1.807, 2.05) is 66.9 Å². The fourth-order valence-electron chi connectivity index (χ4n) is 10.0. The summed E-state index contributed by atoms with van der Waals surface area (Å²) in [6.45, 7) is 8.27. The smallest absolute Gasteiger partial charge is 0.399 e. The Morgan fingerprint density at radius 1 is 0.360 bits per heavy atom. The van der Waals surface area contributed by atoms with Gasteiger partial charge in [0.25, 0.3) is 0 Å². The molecule has 1 aliphatic heterocycles. The zero-order chi connectivity index (χ0) is 50.7. The quantitative estimate of drug-likeness (QED) is 0.116. The van der Waals surface area contributed by atoms with Gasteiger partial charge in [-0.2, -0.15) is 0 Å². The Bertz CT molecular complexity index is 4240. The van der Waals surface area contributed by atoms with Gasteiger partial charge in [-0.3, -0.25) is 19.9 Å². The lowest BCUT2D eigenvalue weighted by Crippen LogP contribution is -2.41. The highest BCUT2D eigenvalue weighted by Crippen LogP contribution is 2.40. The van der Waals surface area contributed by atoms with Crippen molar-refractivity contribution in [3.05, 3.63) is 207 Å². The van der Waals surface area contributed by atoms with Crippen LogP contribution in [0.3, 0.4) is 0 Å². The molecule has 1 saturated heterocycles. The topological polar surface area (TPSA) is 134 Å². The second-order valence-electron chi connectivity index (χ2n) is 19.6. The Morgan fingerprint density at radius 3 is 1.28 bits per heavy atom. The molecule has 6 aromatic carbocycles. The zero-order valence-corrected chi connectivity index (χ0v) is 41.5. The van der Waals surface area contributed by atoms with Crippen molar-refractivity contribution in [3.8, 4) is 56.9 Å². The number of pyridine rings is 6. The average Bonchev–Trinajstić information content (AvgIpc) is 3.70. The van der Waals surface area contributed by atoms with E-state index >= 15 is 0 Å². The van der Waals surface area contributed by atoms with Gasteiger partial charge >= 0.3 is 7.12 Å². The summed E-state index contributed by atoms with van der Waals surface area (Å²) >= 11 is 0. The highest BCUT2D eigenvalue weighted by atomic mass is 16.7. The molecule has 0 bridgehead atoms. The van der Waals surface area contributed by atoms with Gasteiger partial charge < -0.3 is 9.31 Å². The maximum atomic E-state index is 6.29. The Labute approximate surface area is 432 Å². The maximum absolute atomic E-state index is 6.29. The van der Waals surface area contributed by atoms with E-state index in [0.717, 1.165) is 77.5 Å². The van der Waals surface area contributed by atoms with Crippen LogP contribution in [0.2, 0.25) is 0 Å². The highest BCUT2D eigenvalue weighted by molar-refractivity contribution is 6.62. The molecule has 358 valence electrons. The molecular formula is C63H46BN9O2. The number of rotatable bonds is 6. The van der Waals surface area contributed by atoms with Crippen LogP contribution in [0.25, 0.3) is 122 Å². The van der Waals surface area contributed by atoms with Gasteiger partial charge in [0.2, 0.25) is 0 Å². The van der Waals surface area contributed by atoms with Gasteiger partial charge in [0.1, 0.15) is 0 Å². The first-order valence-electron chi connectivity index (χ1n) is 24.9. The SMILES string of the molecule is CC1(C)OB(c2ccnc(-c3nc4ccccc4c4c3ccc3ccccc34)c2)OC1(C)C.c1ccc2c(c1)ccc1c(-c3cc(-c4nc(-c5ccncc5)nc(-c5ccncc5)n4)ccn3)nc3ccccc3c12. The van der Waals surface area contributed by atoms with E-state index in [2.05, 4.69) is 147 Å². The van der Waals surface area contributed by atoms with Crippen molar-refractivity contribution in [3.63, 3.8) is 0 Å². The number of para-hydroxylation sites is 2. The van der Waals surface area contributed by atoms with Crippen molar-refractivity contribution in [2.75, 3.05) is 0 Å². The van der Waals surface area contributed by atoms with Gasteiger partial charge in [0, 0.05) is 86.2 Å². The van der Waals surface area contributed by atoms with Crippen molar-refractivity contribution in [1.82, 2.24) is 44.9 Å². The summed E-state index contributed by atoms with van der Waals surface area (Å²) in [6, 6.07) is 57.7. The van der Waals surface area contributed by atoms with Crippen LogP contribution in [0, 0.1) is 0 Å². The Kier molecular flexibility index (Phi) is 11.2. The minimum Gasteiger partial charge on any atom is -0.399 e. The van der Waals surface area contributed by atoms with E-state index in [0.29, 0.717) is 17.5 Å². The van der Waals surface area contributed by atoms with Crippen LogP contribution in [0.4, 0.5) is 0 Å². The largest absolute Gasteiger partial charge is 0.494 e. The summed E-state index contributed by atoms with van der Waals surface area (Å²) in [5, 5.41) is 11.6. The van der Waals surface area contributed by atoms with Crippen LogP contribution in [0.1, 0.15) is 27.7 Å². The van der Waals surface area contributed by atoms with Crippen LogP contribution in [0.15, 0.2) is 207 Å². The minimum atomic E-state index is -0.440. The lowest BCUT2D eigenvalue weighted by atomic mass is 9.79. The van der Waals surface area contributed by atoms with Crippen LogP contribution < -0.4 is 5.46 Å². The number of nitrogens with zero attached hydrogens (tertiary/aromatic N) is 9. The lowest BCUT2D eigenvalue weighted by Gasteiger charge is -2.32. The number of benzene rings is 6. The molecule has 7 aromatic heterocycles. The average molecular weight is 972 g/mol. The molecule has 0 atom stereocenters. The van der Waals surface area contributed by atoms with Crippen molar-refractivity contribution in [2.45, 2.75) is 38.9 Å². The maximum Gasteiger partial charge on any atom is 0.494 e. The zero-order valence-electron chi connectivity index (χ0n) is 41.5. The Balaban J connectivity index is 0.000000148. The number of aromatic nitrogens is 9. The molecule has 11 nitrogen and oxygen atoms in total. The summed E-state index contributed by atoms with van der Waals surface area (Å²) in [7, 11) is -0.440. The Morgan fingerprint density at radius 2 is 0.773 bits per heavy atom. The second-order valence-corrected chi connectivity index (χ2v) is 19.6. The molecule has 13 aromatic rings. The first-order chi connectivity index (χ1) is 36.7. The van der Waals surface area contributed by atoms with Gasteiger partial charge in [-0.1, -0.05) is 109 Å². The van der Waals surface area contributed by atoms with Gasteiger partial charge in [0.05, 0.1) is 45.0 Å². The third kappa shape index (κ3) is 8.26. The van der Waals surface area contributed by atoms with E-state index in [-0.39, 0.29) is 0 Å². The molecule has 0 radical (unpaired) electrons. The van der Waals surface area contributed by atoms with Crippen molar-refractivity contribution in [1.29, 1.82) is 0 Å². The van der Waals surface area contributed by atoms with Crippen molar-refractivity contribution in [2.24, 2.45) is 0 Å². The molecule has 8 heterocycles. The molecule has 0 amide bonds. The minimum absolute atomic E-state index is 0.395. The van der Waals surface area contributed by atoms with Gasteiger partial charge in [-0.25, -0.2) is 24.9 Å². The fraction of sp³-hybridized carbons (Fsp3) is 0.0952. The fourth-order valence-corrected chi connectivity index (χ4v) is 10.0. The normalized spacial score (nSPS) is 13.9. The monoisotopic (exact) mass is 971 g/mol.